The number of hydrogen-bond acceptors (Lipinski definition) is 5. The first kappa shape index (κ1) is 25.9. The number of nitrogens with one attached hydrogen (secondary N) is 2. The van der Waals surface area contributed by atoms with E-state index in [0.29, 0.717) is 30.9 Å². The van der Waals surface area contributed by atoms with Crippen molar-refractivity contribution in [1.29, 1.82) is 0 Å². The third-order valence-electron chi connectivity index (χ3n) is 7.02. The number of hydrogen-bond donors (Lipinski definition) is 3. The summed E-state index contributed by atoms with van der Waals surface area (Å²) in [6.07, 6.45) is 3.76. The van der Waals surface area contributed by atoms with E-state index in [0.717, 1.165) is 40.3 Å². The Morgan fingerprint density at radius 2 is 1.72 bits per heavy atom. The van der Waals surface area contributed by atoms with E-state index in [4.69, 9.17) is 5.73 Å². The minimum absolute atomic E-state index is 0.0541. The van der Waals surface area contributed by atoms with Gasteiger partial charge in [0.1, 0.15) is 11.9 Å². The number of rotatable bonds is 7. The van der Waals surface area contributed by atoms with Crippen molar-refractivity contribution < 1.29 is 14.4 Å². The number of benzene rings is 3. The van der Waals surface area contributed by atoms with Gasteiger partial charge in [-0.25, -0.2) is 4.98 Å². The second kappa shape index (κ2) is 11.8. The fourth-order valence-electron chi connectivity index (χ4n) is 4.87. The Labute approximate surface area is 227 Å². The Hall–Kier alpha value is -4.72. The average molecular weight is 522 g/mol. The van der Waals surface area contributed by atoms with Crippen LogP contribution in [0, 0.1) is 0 Å². The van der Waals surface area contributed by atoms with Gasteiger partial charge in [-0.15, -0.1) is 0 Å². The highest BCUT2D eigenvalue weighted by molar-refractivity contribution is 5.98. The van der Waals surface area contributed by atoms with Gasteiger partial charge >= 0.3 is 0 Å². The molecule has 0 aliphatic carbocycles. The molecule has 1 atom stereocenters. The molecule has 5 rings (SSSR count). The molecule has 1 saturated heterocycles. The highest BCUT2D eigenvalue weighted by Gasteiger charge is 2.29. The van der Waals surface area contributed by atoms with Gasteiger partial charge in [0.2, 0.25) is 11.8 Å². The van der Waals surface area contributed by atoms with Crippen LogP contribution < -0.4 is 16.4 Å². The van der Waals surface area contributed by atoms with Gasteiger partial charge in [0.15, 0.2) is 0 Å². The number of fused-ring (bicyclic) bond motifs is 1. The van der Waals surface area contributed by atoms with Gasteiger partial charge in [-0.05, 0) is 65.6 Å². The standard InChI is InChI=1S/C31H31N5O3/c32-29-26-14-9-21(18-25(26)15-16-33-29)19-34-28(37)20-36-17-5-4-8-27(31(36)39)35-30(38)24-12-10-23(11-13-24)22-6-2-1-3-7-22/h1-3,6-7,9-16,18,27H,4-5,8,17,19-20H2,(H2,32,33)(H,34,37)(H,35,38). The number of carbonyl (C=O) groups is 3. The molecule has 0 radical (unpaired) electrons. The number of carbonyl (C=O) groups excluding carboxylic acids is 3. The number of nitrogens with zero attached hydrogens (tertiary/aromatic N) is 2. The molecule has 2 heterocycles. The molecule has 0 spiro atoms. The molecule has 1 unspecified atom stereocenters. The maximum Gasteiger partial charge on any atom is 0.251 e. The minimum atomic E-state index is -0.666. The zero-order chi connectivity index (χ0) is 27.2. The fraction of sp³-hybridized carbons (Fsp3) is 0.226. The van der Waals surface area contributed by atoms with Crippen molar-refractivity contribution >= 4 is 34.3 Å². The first-order valence-corrected chi connectivity index (χ1v) is 13.1. The molecule has 3 amide bonds. The van der Waals surface area contributed by atoms with Gasteiger partial charge < -0.3 is 21.3 Å². The topological polar surface area (TPSA) is 117 Å². The van der Waals surface area contributed by atoms with Crippen LogP contribution in [0.25, 0.3) is 21.9 Å². The SMILES string of the molecule is Nc1nccc2cc(CNC(=O)CN3CCCCC(NC(=O)c4ccc(-c5ccccc5)cc4)C3=O)ccc12. The molecule has 8 nitrogen and oxygen atoms in total. The highest BCUT2D eigenvalue weighted by atomic mass is 16.2. The lowest BCUT2D eigenvalue weighted by molar-refractivity contribution is -0.137. The molecule has 39 heavy (non-hydrogen) atoms. The molecule has 1 fully saturated rings. The lowest BCUT2D eigenvalue weighted by atomic mass is 10.0. The number of anilines is 1. The van der Waals surface area contributed by atoms with Gasteiger partial charge in [0.05, 0.1) is 6.54 Å². The Bertz CT molecular complexity index is 1490. The van der Waals surface area contributed by atoms with Crippen molar-refractivity contribution in [2.75, 3.05) is 18.8 Å². The van der Waals surface area contributed by atoms with Crippen molar-refractivity contribution in [3.8, 4) is 11.1 Å². The quantitative estimate of drug-likeness (QED) is 0.341. The van der Waals surface area contributed by atoms with Crippen molar-refractivity contribution in [1.82, 2.24) is 20.5 Å². The first-order valence-electron chi connectivity index (χ1n) is 13.1. The van der Waals surface area contributed by atoms with E-state index in [2.05, 4.69) is 15.6 Å². The van der Waals surface area contributed by atoms with Crippen LogP contribution in [0.1, 0.15) is 35.2 Å². The summed E-state index contributed by atoms with van der Waals surface area (Å²) in [6.45, 7) is 0.756. The number of nitrogen functional groups attached to an aromatic ring is 1. The van der Waals surface area contributed by atoms with Gasteiger partial charge in [0.25, 0.3) is 5.91 Å². The maximum absolute atomic E-state index is 13.3. The average Bonchev–Trinajstić information content (AvgIpc) is 3.13. The van der Waals surface area contributed by atoms with Crippen LogP contribution in [0.15, 0.2) is 85.1 Å². The van der Waals surface area contributed by atoms with Crippen LogP contribution in [0.5, 0.6) is 0 Å². The monoisotopic (exact) mass is 521 g/mol. The van der Waals surface area contributed by atoms with Gasteiger partial charge in [-0.2, -0.15) is 0 Å². The van der Waals surface area contributed by atoms with Gasteiger partial charge in [-0.1, -0.05) is 54.6 Å². The summed E-state index contributed by atoms with van der Waals surface area (Å²) in [5.74, 6) is -0.313. The molecule has 0 saturated carbocycles. The van der Waals surface area contributed by atoms with Crippen LogP contribution in [0.3, 0.4) is 0 Å². The van der Waals surface area contributed by atoms with E-state index in [9.17, 15) is 14.4 Å². The van der Waals surface area contributed by atoms with Crippen molar-refractivity contribution in [3.05, 3.63) is 96.2 Å². The zero-order valence-electron chi connectivity index (χ0n) is 21.6. The third-order valence-corrected chi connectivity index (χ3v) is 7.02. The summed E-state index contributed by atoms with van der Waals surface area (Å²) in [5, 5.41) is 7.60. The number of nitrogens with two attached hydrogens (primary N) is 1. The molecule has 1 aliphatic rings. The second-order valence-corrected chi connectivity index (χ2v) is 9.75. The lowest BCUT2D eigenvalue weighted by Crippen LogP contribution is -2.50. The van der Waals surface area contributed by atoms with E-state index in [1.165, 1.54) is 0 Å². The predicted octanol–water partition coefficient (Wildman–Crippen LogP) is 3.91. The molecule has 4 aromatic rings. The smallest absolute Gasteiger partial charge is 0.251 e. The van der Waals surface area contributed by atoms with Crippen LogP contribution in [-0.2, 0) is 16.1 Å². The minimum Gasteiger partial charge on any atom is -0.383 e. The van der Waals surface area contributed by atoms with Crippen LogP contribution in [0.4, 0.5) is 5.82 Å². The lowest BCUT2D eigenvalue weighted by Gasteiger charge is -2.24. The normalized spacial score (nSPS) is 15.5. The van der Waals surface area contributed by atoms with Gasteiger partial charge in [-0.3, -0.25) is 14.4 Å². The third kappa shape index (κ3) is 6.23. The van der Waals surface area contributed by atoms with Crippen molar-refractivity contribution in [2.45, 2.75) is 31.8 Å². The summed E-state index contributed by atoms with van der Waals surface area (Å²) < 4.78 is 0. The fourth-order valence-corrected chi connectivity index (χ4v) is 4.87. The second-order valence-electron chi connectivity index (χ2n) is 9.75. The van der Waals surface area contributed by atoms with E-state index in [1.807, 2.05) is 66.7 Å². The Balaban J connectivity index is 1.17. The zero-order valence-corrected chi connectivity index (χ0v) is 21.6. The van der Waals surface area contributed by atoms with Crippen molar-refractivity contribution in [2.24, 2.45) is 0 Å². The van der Waals surface area contributed by atoms with Crippen molar-refractivity contribution in [3.63, 3.8) is 0 Å². The van der Waals surface area contributed by atoms with Crippen LogP contribution in [-0.4, -0.2) is 46.7 Å². The molecule has 8 heteroatoms. The van der Waals surface area contributed by atoms with E-state index < -0.39 is 6.04 Å². The molecular weight excluding hydrogens is 490 g/mol. The molecular formula is C31H31N5O3. The Kier molecular flexibility index (Phi) is 7.82. The van der Waals surface area contributed by atoms with Gasteiger partial charge in [0, 0.05) is 30.2 Å². The summed E-state index contributed by atoms with van der Waals surface area (Å²) >= 11 is 0. The predicted molar refractivity (Wildman–Crippen MR) is 152 cm³/mol. The Morgan fingerprint density at radius 3 is 2.51 bits per heavy atom. The Morgan fingerprint density at radius 1 is 0.949 bits per heavy atom. The number of pyridine rings is 1. The molecule has 3 aromatic carbocycles. The van der Waals surface area contributed by atoms with Crippen LogP contribution in [0.2, 0.25) is 0 Å². The molecule has 198 valence electrons. The summed E-state index contributed by atoms with van der Waals surface area (Å²) in [7, 11) is 0. The number of amides is 3. The van der Waals surface area contributed by atoms with E-state index in [1.54, 1.807) is 23.2 Å². The largest absolute Gasteiger partial charge is 0.383 e. The summed E-state index contributed by atoms with van der Waals surface area (Å²) in [5.41, 5.74) is 9.41. The summed E-state index contributed by atoms with van der Waals surface area (Å²) in [4.78, 5) is 44.6. The first-order chi connectivity index (χ1) is 19.0. The maximum atomic E-state index is 13.3. The number of aromatic nitrogens is 1. The highest BCUT2D eigenvalue weighted by Crippen LogP contribution is 2.21. The van der Waals surface area contributed by atoms with E-state index >= 15 is 0 Å². The molecule has 1 aromatic heterocycles. The summed E-state index contributed by atoms with van der Waals surface area (Å²) in [6, 6.07) is 24.2. The van der Waals surface area contributed by atoms with Crippen LogP contribution >= 0.6 is 0 Å². The van der Waals surface area contributed by atoms with E-state index in [-0.39, 0.29) is 24.3 Å². The number of likely N-dealkylation sites (tertiary alicyclic amines) is 1. The molecule has 4 N–H and O–H groups in total. The molecule has 1 aliphatic heterocycles. The molecule has 0 bridgehead atoms.